The van der Waals surface area contributed by atoms with E-state index >= 15 is 0 Å². The molecule has 1 amide bonds. The number of nitrogens with zero attached hydrogens (tertiary/aromatic N) is 2. The summed E-state index contributed by atoms with van der Waals surface area (Å²) in [4.78, 5) is 14.2. The highest BCUT2D eigenvalue weighted by Gasteiger charge is 2.24. The third-order valence-electron chi connectivity index (χ3n) is 3.83. The Hall–Kier alpha value is -1.40. The summed E-state index contributed by atoms with van der Waals surface area (Å²) in [5.74, 6) is 0.992. The number of amides is 1. The van der Waals surface area contributed by atoms with E-state index in [1.54, 1.807) is 19.9 Å². The second-order valence-corrected chi connectivity index (χ2v) is 5.94. The van der Waals surface area contributed by atoms with E-state index in [-0.39, 0.29) is 12.5 Å². The Balaban J connectivity index is 1.91. The molecule has 1 aliphatic rings. The number of carbonyl (C=O) groups excluding carboxylic acids is 1. The van der Waals surface area contributed by atoms with Gasteiger partial charge in [-0.15, -0.1) is 0 Å². The molecule has 0 aromatic carbocycles. The molecule has 1 heterocycles. The van der Waals surface area contributed by atoms with Crippen molar-refractivity contribution >= 4 is 11.7 Å². The smallest absolute Gasteiger partial charge is 0.239 e. The van der Waals surface area contributed by atoms with Crippen LogP contribution in [-0.2, 0) is 4.79 Å². The lowest BCUT2D eigenvalue weighted by atomic mass is 9.94. The van der Waals surface area contributed by atoms with E-state index in [2.05, 4.69) is 15.4 Å². The Morgan fingerprint density at radius 1 is 1.52 bits per heavy atom. The third-order valence-corrected chi connectivity index (χ3v) is 3.83. The van der Waals surface area contributed by atoms with Crippen LogP contribution in [0.5, 0.6) is 0 Å². The largest absolute Gasteiger partial charge is 0.392 e. The molecular formula is C15H25N3O3. The molecule has 6 nitrogen and oxygen atoms in total. The fourth-order valence-electron chi connectivity index (χ4n) is 2.92. The lowest BCUT2D eigenvalue weighted by Gasteiger charge is -2.34. The molecular weight excluding hydrogens is 270 g/mol. The standard InChI is InChI=1S/C15H25N3O3/c1-11(19)9-18(13-6-4-3-5-7-13)10-15(20)16-14-8-12(2)21-17-14/h8,11,13,19H,3-7,9-10H2,1-2H3,(H,16,17,20). The minimum Gasteiger partial charge on any atom is -0.392 e. The van der Waals surface area contributed by atoms with Gasteiger partial charge in [0.05, 0.1) is 12.6 Å². The fraction of sp³-hybridized carbons (Fsp3) is 0.733. The van der Waals surface area contributed by atoms with E-state index in [4.69, 9.17) is 4.52 Å². The predicted octanol–water partition coefficient (Wildman–Crippen LogP) is 1.94. The highest BCUT2D eigenvalue weighted by atomic mass is 16.5. The predicted molar refractivity (Wildman–Crippen MR) is 80.0 cm³/mol. The number of rotatable bonds is 6. The summed E-state index contributed by atoms with van der Waals surface area (Å²) in [6.07, 6.45) is 5.43. The molecule has 1 saturated carbocycles. The quantitative estimate of drug-likeness (QED) is 0.838. The van der Waals surface area contributed by atoms with Gasteiger partial charge in [-0.25, -0.2) is 0 Å². The minimum absolute atomic E-state index is 0.116. The first kappa shape index (κ1) is 16.0. The number of hydrogen-bond donors (Lipinski definition) is 2. The van der Waals surface area contributed by atoms with Gasteiger partial charge in [-0.3, -0.25) is 9.69 Å². The fourth-order valence-corrected chi connectivity index (χ4v) is 2.92. The molecule has 0 saturated heterocycles. The zero-order chi connectivity index (χ0) is 15.2. The number of aromatic nitrogens is 1. The molecule has 1 fully saturated rings. The van der Waals surface area contributed by atoms with Gasteiger partial charge >= 0.3 is 0 Å². The van der Waals surface area contributed by atoms with E-state index in [1.165, 1.54) is 19.3 Å². The molecule has 118 valence electrons. The van der Waals surface area contributed by atoms with Gasteiger partial charge in [0.15, 0.2) is 5.82 Å². The van der Waals surface area contributed by atoms with Gasteiger partial charge in [-0.1, -0.05) is 24.4 Å². The first-order valence-electron chi connectivity index (χ1n) is 7.70. The molecule has 1 aromatic rings. The van der Waals surface area contributed by atoms with Crippen molar-refractivity contribution in [3.8, 4) is 0 Å². The van der Waals surface area contributed by atoms with Crippen molar-refractivity contribution in [3.05, 3.63) is 11.8 Å². The molecule has 1 aliphatic carbocycles. The van der Waals surface area contributed by atoms with E-state index in [0.29, 0.717) is 24.2 Å². The van der Waals surface area contributed by atoms with Crippen molar-refractivity contribution in [1.82, 2.24) is 10.1 Å². The summed E-state index contributed by atoms with van der Waals surface area (Å²) in [6.45, 7) is 4.34. The van der Waals surface area contributed by atoms with Crippen LogP contribution in [0.3, 0.4) is 0 Å². The Bertz CT molecular complexity index is 453. The molecule has 2 rings (SSSR count). The first-order chi connectivity index (χ1) is 10.0. The number of aliphatic hydroxyl groups is 1. The van der Waals surface area contributed by atoms with Crippen LogP contribution in [0, 0.1) is 6.92 Å². The second kappa shape index (κ2) is 7.56. The van der Waals surface area contributed by atoms with Crippen LogP contribution in [0.15, 0.2) is 10.6 Å². The molecule has 1 unspecified atom stereocenters. The molecule has 2 N–H and O–H groups in total. The Labute approximate surface area is 125 Å². The molecule has 0 aliphatic heterocycles. The van der Waals surface area contributed by atoms with Crippen LogP contribution >= 0.6 is 0 Å². The highest BCUT2D eigenvalue weighted by Crippen LogP contribution is 2.22. The minimum atomic E-state index is -0.436. The molecule has 1 atom stereocenters. The van der Waals surface area contributed by atoms with Crippen molar-refractivity contribution in [2.24, 2.45) is 0 Å². The maximum absolute atomic E-state index is 12.1. The van der Waals surface area contributed by atoms with Gasteiger partial charge in [0.2, 0.25) is 5.91 Å². The number of carbonyl (C=O) groups is 1. The summed E-state index contributed by atoms with van der Waals surface area (Å²) in [6, 6.07) is 2.08. The lowest BCUT2D eigenvalue weighted by Crippen LogP contribution is -2.45. The Morgan fingerprint density at radius 3 is 2.81 bits per heavy atom. The topological polar surface area (TPSA) is 78.6 Å². The summed E-state index contributed by atoms with van der Waals surface area (Å²) in [5.41, 5.74) is 0. The van der Waals surface area contributed by atoms with Crippen molar-refractivity contribution < 1.29 is 14.4 Å². The molecule has 0 bridgehead atoms. The lowest BCUT2D eigenvalue weighted by molar-refractivity contribution is -0.118. The third kappa shape index (κ3) is 5.13. The Kier molecular flexibility index (Phi) is 5.76. The first-order valence-corrected chi connectivity index (χ1v) is 7.70. The van der Waals surface area contributed by atoms with Crippen molar-refractivity contribution in [2.45, 2.75) is 58.1 Å². The zero-order valence-electron chi connectivity index (χ0n) is 12.8. The number of nitrogens with one attached hydrogen (secondary N) is 1. The normalized spacial score (nSPS) is 17.9. The SMILES string of the molecule is Cc1cc(NC(=O)CN(CC(C)O)C2CCCCC2)no1. The van der Waals surface area contributed by atoms with Crippen molar-refractivity contribution in [2.75, 3.05) is 18.4 Å². The maximum atomic E-state index is 12.1. The zero-order valence-corrected chi connectivity index (χ0v) is 12.8. The van der Waals surface area contributed by atoms with Crippen LogP contribution in [0.1, 0.15) is 44.8 Å². The summed E-state index contributed by atoms with van der Waals surface area (Å²) < 4.78 is 4.93. The van der Waals surface area contributed by atoms with Crippen LogP contribution in [0.2, 0.25) is 0 Å². The van der Waals surface area contributed by atoms with Gasteiger partial charge < -0.3 is 14.9 Å². The highest BCUT2D eigenvalue weighted by molar-refractivity contribution is 5.91. The van der Waals surface area contributed by atoms with Crippen LogP contribution in [0.25, 0.3) is 0 Å². The van der Waals surface area contributed by atoms with E-state index < -0.39 is 6.10 Å². The van der Waals surface area contributed by atoms with Crippen LogP contribution in [0.4, 0.5) is 5.82 Å². The van der Waals surface area contributed by atoms with Crippen LogP contribution < -0.4 is 5.32 Å². The number of anilines is 1. The maximum Gasteiger partial charge on any atom is 0.239 e. The number of aryl methyl sites for hydroxylation is 1. The van der Waals surface area contributed by atoms with E-state index in [9.17, 15) is 9.90 Å². The molecule has 6 heteroatoms. The molecule has 0 radical (unpaired) electrons. The van der Waals surface area contributed by atoms with Crippen LogP contribution in [-0.4, -0.2) is 46.3 Å². The molecule has 0 spiro atoms. The van der Waals surface area contributed by atoms with Gasteiger partial charge in [-0.05, 0) is 26.7 Å². The van der Waals surface area contributed by atoms with Gasteiger partial charge in [-0.2, -0.15) is 0 Å². The van der Waals surface area contributed by atoms with Gasteiger partial charge in [0.1, 0.15) is 5.76 Å². The Morgan fingerprint density at radius 2 is 2.24 bits per heavy atom. The number of hydrogen-bond acceptors (Lipinski definition) is 5. The van der Waals surface area contributed by atoms with Crippen molar-refractivity contribution in [3.63, 3.8) is 0 Å². The molecule has 21 heavy (non-hydrogen) atoms. The second-order valence-electron chi connectivity index (χ2n) is 5.94. The average Bonchev–Trinajstić information content (AvgIpc) is 2.83. The summed E-state index contributed by atoms with van der Waals surface area (Å²) in [7, 11) is 0. The summed E-state index contributed by atoms with van der Waals surface area (Å²) >= 11 is 0. The van der Waals surface area contributed by atoms with Gasteiger partial charge in [0.25, 0.3) is 0 Å². The van der Waals surface area contributed by atoms with Gasteiger partial charge in [0, 0.05) is 18.7 Å². The monoisotopic (exact) mass is 295 g/mol. The van der Waals surface area contributed by atoms with Crippen molar-refractivity contribution in [1.29, 1.82) is 0 Å². The number of aliphatic hydroxyl groups excluding tert-OH is 1. The molecule has 1 aromatic heterocycles. The van der Waals surface area contributed by atoms with E-state index in [0.717, 1.165) is 12.8 Å². The summed E-state index contributed by atoms with van der Waals surface area (Å²) in [5, 5.41) is 16.2. The average molecular weight is 295 g/mol. The van der Waals surface area contributed by atoms with E-state index in [1.807, 2.05) is 0 Å².